The van der Waals surface area contributed by atoms with Crippen LogP contribution in [0.2, 0.25) is 0 Å². The molecule has 0 spiro atoms. The standard InChI is InChI=1S/C11H19N3O/c1-9(6-7-12)13(2)8-11(15)14(3)10-4-5-10/h9-10H,4-6,8H2,1-3H3. The van der Waals surface area contributed by atoms with Gasteiger partial charge in [0.2, 0.25) is 5.91 Å². The van der Waals surface area contributed by atoms with Crippen LogP contribution in [0.1, 0.15) is 26.2 Å². The summed E-state index contributed by atoms with van der Waals surface area (Å²) >= 11 is 0. The van der Waals surface area contributed by atoms with Crippen LogP contribution in [0.25, 0.3) is 0 Å². The zero-order valence-corrected chi connectivity index (χ0v) is 9.73. The van der Waals surface area contributed by atoms with Crippen LogP contribution in [0.5, 0.6) is 0 Å². The Balaban J connectivity index is 2.33. The summed E-state index contributed by atoms with van der Waals surface area (Å²) in [6.45, 7) is 2.38. The Hall–Kier alpha value is -1.08. The summed E-state index contributed by atoms with van der Waals surface area (Å²) in [5.41, 5.74) is 0. The highest BCUT2D eigenvalue weighted by atomic mass is 16.2. The molecule has 1 saturated carbocycles. The molecule has 1 amide bonds. The SMILES string of the molecule is CC(CC#N)N(C)CC(=O)N(C)C1CC1. The summed E-state index contributed by atoms with van der Waals surface area (Å²) in [4.78, 5) is 15.5. The summed E-state index contributed by atoms with van der Waals surface area (Å²) < 4.78 is 0. The average Bonchev–Trinajstić information content (AvgIpc) is 3.00. The molecular weight excluding hydrogens is 190 g/mol. The lowest BCUT2D eigenvalue weighted by atomic mass is 10.2. The molecule has 0 aromatic carbocycles. The van der Waals surface area contributed by atoms with Crippen molar-refractivity contribution in [2.45, 2.75) is 38.3 Å². The molecule has 4 nitrogen and oxygen atoms in total. The van der Waals surface area contributed by atoms with E-state index < -0.39 is 0 Å². The van der Waals surface area contributed by atoms with Gasteiger partial charge in [-0.15, -0.1) is 0 Å². The molecule has 0 radical (unpaired) electrons. The highest BCUT2D eigenvalue weighted by Gasteiger charge is 2.30. The molecule has 1 rings (SSSR count). The van der Waals surface area contributed by atoms with Crippen molar-refractivity contribution in [2.24, 2.45) is 0 Å². The van der Waals surface area contributed by atoms with Gasteiger partial charge in [-0.05, 0) is 26.8 Å². The second-order valence-electron chi connectivity index (χ2n) is 4.36. The number of nitrogens with zero attached hydrogens (tertiary/aromatic N) is 3. The van der Waals surface area contributed by atoms with Crippen LogP contribution < -0.4 is 0 Å². The largest absolute Gasteiger partial charge is 0.342 e. The topological polar surface area (TPSA) is 47.3 Å². The lowest BCUT2D eigenvalue weighted by Gasteiger charge is -2.25. The summed E-state index contributed by atoms with van der Waals surface area (Å²) in [6.07, 6.45) is 2.75. The van der Waals surface area contributed by atoms with Crippen LogP contribution in [0, 0.1) is 11.3 Å². The van der Waals surface area contributed by atoms with Crippen LogP contribution in [-0.4, -0.2) is 48.4 Å². The van der Waals surface area contributed by atoms with Crippen molar-refractivity contribution in [2.75, 3.05) is 20.6 Å². The molecule has 0 saturated heterocycles. The minimum Gasteiger partial charge on any atom is -0.342 e. The molecule has 0 N–H and O–H groups in total. The highest BCUT2D eigenvalue weighted by molar-refractivity contribution is 5.78. The van der Waals surface area contributed by atoms with E-state index in [2.05, 4.69) is 6.07 Å². The predicted octanol–water partition coefficient (Wildman–Crippen LogP) is 0.841. The van der Waals surface area contributed by atoms with Gasteiger partial charge >= 0.3 is 0 Å². The van der Waals surface area contributed by atoms with E-state index in [0.29, 0.717) is 19.0 Å². The molecular formula is C11H19N3O. The Morgan fingerprint density at radius 1 is 1.53 bits per heavy atom. The molecule has 4 heteroatoms. The summed E-state index contributed by atoms with van der Waals surface area (Å²) in [6, 6.07) is 2.73. The number of hydrogen-bond donors (Lipinski definition) is 0. The van der Waals surface area contributed by atoms with Crippen molar-refractivity contribution in [1.82, 2.24) is 9.80 Å². The van der Waals surface area contributed by atoms with Gasteiger partial charge in [0.1, 0.15) is 0 Å². The summed E-state index contributed by atoms with van der Waals surface area (Å²) in [5, 5.41) is 8.56. The first-order valence-corrected chi connectivity index (χ1v) is 5.39. The van der Waals surface area contributed by atoms with Gasteiger partial charge in [-0.25, -0.2) is 0 Å². The molecule has 1 unspecified atom stereocenters. The minimum atomic E-state index is 0.145. The number of amides is 1. The lowest BCUT2D eigenvalue weighted by Crippen LogP contribution is -2.41. The van der Waals surface area contributed by atoms with Gasteiger partial charge < -0.3 is 4.90 Å². The molecule has 1 atom stereocenters. The van der Waals surface area contributed by atoms with Crippen molar-refractivity contribution in [3.05, 3.63) is 0 Å². The number of rotatable bonds is 5. The molecule has 0 aromatic heterocycles. The number of carbonyl (C=O) groups excluding carboxylic acids is 1. The van der Waals surface area contributed by atoms with E-state index in [-0.39, 0.29) is 11.9 Å². The zero-order chi connectivity index (χ0) is 11.4. The zero-order valence-electron chi connectivity index (χ0n) is 9.73. The van der Waals surface area contributed by atoms with Gasteiger partial charge in [0.25, 0.3) is 0 Å². The minimum absolute atomic E-state index is 0.145. The fourth-order valence-electron chi connectivity index (χ4n) is 1.43. The van der Waals surface area contributed by atoms with E-state index in [1.54, 1.807) is 0 Å². The van der Waals surface area contributed by atoms with Crippen LogP contribution in [0.4, 0.5) is 0 Å². The van der Waals surface area contributed by atoms with E-state index in [1.807, 2.05) is 30.8 Å². The Labute approximate surface area is 91.5 Å². The average molecular weight is 209 g/mol. The van der Waals surface area contributed by atoms with Crippen molar-refractivity contribution >= 4 is 5.91 Å². The summed E-state index contributed by atoms with van der Waals surface area (Å²) in [5.74, 6) is 0.157. The van der Waals surface area contributed by atoms with Crippen molar-refractivity contribution < 1.29 is 4.79 Å². The Morgan fingerprint density at radius 2 is 2.13 bits per heavy atom. The number of likely N-dealkylation sites (N-methyl/N-ethyl adjacent to an activating group) is 2. The fourth-order valence-corrected chi connectivity index (χ4v) is 1.43. The first-order chi connectivity index (χ1) is 7.06. The fraction of sp³-hybridized carbons (Fsp3) is 0.818. The second-order valence-corrected chi connectivity index (χ2v) is 4.36. The number of nitriles is 1. The van der Waals surface area contributed by atoms with Crippen molar-refractivity contribution in [3.8, 4) is 6.07 Å². The van der Waals surface area contributed by atoms with Crippen molar-refractivity contribution in [1.29, 1.82) is 5.26 Å². The Bertz CT molecular complexity index is 267. The molecule has 0 bridgehead atoms. The maximum absolute atomic E-state index is 11.7. The van der Waals surface area contributed by atoms with Crippen LogP contribution >= 0.6 is 0 Å². The molecule has 15 heavy (non-hydrogen) atoms. The first-order valence-electron chi connectivity index (χ1n) is 5.39. The van der Waals surface area contributed by atoms with Crippen LogP contribution in [-0.2, 0) is 4.79 Å². The van der Waals surface area contributed by atoms with Crippen molar-refractivity contribution in [3.63, 3.8) is 0 Å². The number of hydrogen-bond acceptors (Lipinski definition) is 3. The third-order valence-corrected chi connectivity index (χ3v) is 3.01. The van der Waals surface area contributed by atoms with Gasteiger partial charge in [0.15, 0.2) is 0 Å². The van der Waals surface area contributed by atoms with E-state index in [9.17, 15) is 4.79 Å². The summed E-state index contributed by atoms with van der Waals surface area (Å²) in [7, 11) is 3.75. The molecule has 1 aliphatic rings. The smallest absolute Gasteiger partial charge is 0.236 e. The molecule has 0 aliphatic heterocycles. The van der Waals surface area contributed by atoms with Gasteiger partial charge in [-0.3, -0.25) is 9.69 Å². The second kappa shape index (κ2) is 5.13. The molecule has 0 aromatic rings. The van der Waals surface area contributed by atoms with E-state index in [0.717, 1.165) is 12.8 Å². The third kappa shape index (κ3) is 3.52. The normalized spacial score (nSPS) is 17.3. The monoisotopic (exact) mass is 209 g/mol. The van der Waals surface area contributed by atoms with Crippen LogP contribution in [0.3, 0.4) is 0 Å². The van der Waals surface area contributed by atoms with Crippen LogP contribution in [0.15, 0.2) is 0 Å². The van der Waals surface area contributed by atoms with Gasteiger partial charge in [0.05, 0.1) is 19.0 Å². The van der Waals surface area contributed by atoms with Gasteiger partial charge in [-0.1, -0.05) is 0 Å². The molecule has 1 aliphatic carbocycles. The molecule has 0 heterocycles. The Kier molecular flexibility index (Phi) is 4.10. The van der Waals surface area contributed by atoms with Gasteiger partial charge in [-0.2, -0.15) is 5.26 Å². The molecule has 84 valence electrons. The molecule has 1 fully saturated rings. The predicted molar refractivity (Wildman–Crippen MR) is 58.1 cm³/mol. The van der Waals surface area contributed by atoms with Gasteiger partial charge in [0, 0.05) is 19.1 Å². The van der Waals surface area contributed by atoms with E-state index in [1.165, 1.54) is 0 Å². The maximum atomic E-state index is 11.7. The Morgan fingerprint density at radius 3 is 2.60 bits per heavy atom. The van der Waals surface area contributed by atoms with E-state index in [4.69, 9.17) is 5.26 Å². The number of carbonyl (C=O) groups is 1. The maximum Gasteiger partial charge on any atom is 0.236 e. The highest BCUT2D eigenvalue weighted by Crippen LogP contribution is 2.25. The lowest BCUT2D eigenvalue weighted by molar-refractivity contribution is -0.131. The first kappa shape index (κ1) is 12.0. The quantitative estimate of drug-likeness (QED) is 0.674. The third-order valence-electron chi connectivity index (χ3n) is 3.01. The van der Waals surface area contributed by atoms with E-state index >= 15 is 0 Å².